The highest BCUT2D eigenvalue weighted by Crippen LogP contribution is 2.29. The number of methoxy groups -OCH3 is 1. The molecule has 1 heterocycles. The van der Waals surface area contributed by atoms with E-state index in [4.69, 9.17) is 9.47 Å². The Bertz CT molecular complexity index is 510. The van der Waals surface area contributed by atoms with Crippen LogP contribution in [0.2, 0.25) is 0 Å². The largest absolute Gasteiger partial charge is 0.497 e. The Kier molecular flexibility index (Phi) is 5.40. The van der Waals surface area contributed by atoms with Crippen molar-refractivity contribution >= 4 is 17.7 Å². The third kappa shape index (κ3) is 4.92. The maximum absolute atomic E-state index is 12.5. The number of carbonyl (C=O) groups excluding carboxylic acids is 1. The fourth-order valence-corrected chi connectivity index (χ4v) is 2.80. The summed E-state index contributed by atoms with van der Waals surface area (Å²) in [6, 6.07) is 7.84. The number of hydrogen-bond acceptors (Lipinski definition) is 4. The molecular formula is C17H25NO3S. The lowest BCUT2D eigenvalue weighted by molar-refractivity contribution is -0.132. The number of amides is 1. The minimum atomic E-state index is -0.265. The van der Waals surface area contributed by atoms with Crippen molar-refractivity contribution < 1.29 is 14.3 Å². The molecule has 2 atom stereocenters. The molecule has 1 aromatic rings. The van der Waals surface area contributed by atoms with Crippen molar-refractivity contribution in [2.45, 2.75) is 51.2 Å². The predicted octanol–water partition coefficient (Wildman–Crippen LogP) is 3.30. The fourth-order valence-electron chi connectivity index (χ4n) is 2.03. The first-order valence-corrected chi connectivity index (χ1v) is 8.50. The van der Waals surface area contributed by atoms with Gasteiger partial charge >= 0.3 is 0 Å². The summed E-state index contributed by atoms with van der Waals surface area (Å²) in [5, 5.41) is 0. The normalized spacial score (nSPS) is 20.6. The van der Waals surface area contributed by atoms with E-state index in [1.54, 1.807) is 18.9 Å². The third-order valence-electron chi connectivity index (χ3n) is 3.45. The molecule has 1 fully saturated rings. The summed E-state index contributed by atoms with van der Waals surface area (Å²) in [6.07, 6.45) is -0.218. The van der Waals surface area contributed by atoms with Gasteiger partial charge in [0.25, 0.3) is 5.91 Å². The van der Waals surface area contributed by atoms with Crippen LogP contribution in [-0.2, 0) is 16.1 Å². The Balaban J connectivity index is 2.03. The number of benzene rings is 1. The molecule has 22 heavy (non-hydrogen) atoms. The highest BCUT2D eigenvalue weighted by atomic mass is 32.2. The second kappa shape index (κ2) is 6.92. The molecule has 0 aliphatic carbocycles. The fraction of sp³-hybridized carbons (Fsp3) is 0.588. The first kappa shape index (κ1) is 17.2. The SMILES string of the molecule is COc1ccc(CN(CSC(C)(C)C)C(=O)[C@@H]2O[C@@H]2C)cc1. The number of hydrogen-bond donors (Lipinski definition) is 0. The second-order valence-corrected chi connectivity index (χ2v) is 8.30. The first-order chi connectivity index (χ1) is 10.3. The molecule has 0 N–H and O–H groups in total. The van der Waals surface area contributed by atoms with Gasteiger partial charge in [-0.05, 0) is 24.6 Å². The van der Waals surface area contributed by atoms with Crippen molar-refractivity contribution in [3.8, 4) is 5.75 Å². The summed E-state index contributed by atoms with van der Waals surface area (Å²) < 4.78 is 10.6. The van der Waals surface area contributed by atoms with Crippen molar-refractivity contribution in [2.24, 2.45) is 0 Å². The minimum Gasteiger partial charge on any atom is -0.497 e. The monoisotopic (exact) mass is 323 g/mol. The van der Waals surface area contributed by atoms with Crippen molar-refractivity contribution in [3.05, 3.63) is 29.8 Å². The summed E-state index contributed by atoms with van der Waals surface area (Å²) in [5.74, 6) is 1.57. The average Bonchev–Trinajstić information content (AvgIpc) is 3.19. The molecule has 0 saturated carbocycles. The highest BCUT2D eigenvalue weighted by molar-refractivity contribution is 8.00. The van der Waals surface area contributed by atoms with Gasteiger partial charge in [0, 0.05) is 11.3 Å². The molecule has 0 bridgehead atoms. The average molecular weight is 323 g/mol. The Morgan fingerprint density at radius 2 is 1.91 bits per heavy atom. The van der Waals surface area contributed by atoms with E-state index in [2.05, 4.69) is 20.8 Å². The molecule has 5 heteroatoms. The lowest BCUT2D eigenvalue weighted by Crippen LogP contribution is -2.35. The summed E-state index contributed by atoms with van der Waals surface area (Å²) >= 11 is 1.77. The number of carbonyl (C=O) groups is 1. The number of thioether (sulfide) groups is 1. The molecule has 0 aromatic heterocycles. The molecule has 122 valence electrons. The standard InChI is InChI=1S/C17H25NO3S/c1-12-15(21-12)16(19)18(11-22-17(2,3)4)10-13-6-8-14(20-5)9-7-13/h6-9,12,15H,10-11H2,1-5H3/t12-,15-/m1/s1. The maximum atomic E-state index is 12.5. The molecule has 4 nitrogen and oxygen atoms in total. The second-order valence-electron chi connectivity index (χ2n) is 6.53. The van der Waals surface area contributed by atoms with Crippen LogP contribution in [-0.4, -0.2) is 40.7 Å². The van der Waals surface area contributed by atoms with Crippen LogP contribution in [0.1, 0.15) is 33.3 Å². The Hall–Kier alpha value is -1.20. The van der Waals surface area contributed by atoms with Crippen molar-refractivity contribution in [2.75, 3.05) is 13.0 Å². The zero-order valence-electron chi connectivity index (χ0n) is 14.0. The van der Waals surface area contributed by atoms with Crippen LogP contribution in [0.5, 0.6) is 5.75 Å². The van der Waals surface area contributed by atoms with Gasteiger partial charge < -0.3 is 14.4 Å². The zero-order chi connectivity index (χ0) is 16.3. The van der Waals surface area contributed by atoms with Crippen LogP contribution in [0.3, 0.4) is 0 Å². The Labute approximate surface area is 137 Å². The number of rotatable bonds is 6. The van der Waals surface area contributed by atoms with Gasteiger partial charge in [0.15, 0.2) is 6.10 Å². The van der Waals surface area contributed by atoms with E-state index in [0.717, 1.165) is 11.3 Å². The van der Waals surface area contributed by atoms with Gasteiger partial charge in [-0.15, -0.1) is 11.8 Å². The molecule has 2 rings (SSSR count). The van der Waals surface area contributed by atoms with Gasteiger partial charge in [-0.25, -0.2) is 0 Å². The molecule has 1 amide bonds. The molecule has 0 spiro atoms. The van der Waals surface area contributed by atoms with E-state index in [1.165, 1.54) is 0 Å². The van der Waals surface area contributed by atoms with E-state index >= 15 is 0 Å². The zero-order valence-corrected chi connectivity index (χ0v) is 14.8. The topological polar surface area (TPSA) is 42.1 Å². The molecule has 1 saturated heterocycles. The van der Waals surface area contributed by atoms with Gasteiger partial charge in [-0.3, -0.25) is 4.79 Å². The molecule has 1 aromatic carbocycles. The number of ether oxygens (including phenoxy) is 2. The predicted molar refractivity (Wildman–Crippen MR) is 90.1 cm³/mol. The van der Waals surface area contributed by atoms with Crippen LogP contribution >= 0.6 is 11.8 Å². The summed E-state index contributed by atoms with van der Waals surface area (Å²) in [4.78, 5) is 14.4. The highest BCUT2D eigenvalue weighted by Gasteiger charge is 2.43. The third-order valence-corrected chi connectivity index (χ3v) is 4.76. The lowest BCUT2D eigenvalue weighted by atomic mass is 10.2. The van der Waals surface area contributed by atoms with Crippen LogP contribution in [0.15, 0.2) is 24.3 Å². The van der Waals surface area contributed by atoms with Crippen molar-refractivity contribution in [1.82, 2.24) is 4.90 Å². The van der Waals surface area contributed by atoms with E-state index in [-0.39, 0.29) is 22.9 Å². The smallest absolute Gasteiger partial charge is 0.255 e. The van der Waals surface area contributed by atoms with E-state index < -0.39 is 0 Å². The van der Waals surface area contributed by atoms with E-state index in [9.17, 15) is 4.79 Å². The van der Waals surface area contributed by atoms with Crippen molar-refractivity contribution in [3.63, 3.8) is 0 Å². The van der Waals surface area contributed by atoms with Gasteiger partial charge in [0.1, 0.15) is 5.75 Å². The van der Waals surface area contributed by atoms with Crippen LogP contribution in [0.25, 0.3) is 0 Å². The Morgan fingerprint density at radius 1 is 1.32 bits per heavy atom. The first-order valence-electron chi connectivity index (χ1n) is 7.51. The van der Waals surface area contributed by atoms with Crippen LogP contribution in [0, 0.1) is 0 Å². The number of nitrogens with zero attached hydrogens (tertiary/aromatic N) is 1. The van der Waals surface area contributed by atoms with Gasteiger partial charge in [0.05, 0.1) is 19.1 Å². The van der Waals surface area contributed by atoms with Crippen molar-refractivity contribution in [1.29, 1.82) is 0 Å². The lowest BCUT2D eigenvalue weighted by Gasteiger charge is -2.26. The van der Waals surface area contributed by atoms with E-state index in [1.807, 2.05) is 36.1 Å². The maximum Gasteiger partial charge on any atom is 0.255 e. The Morgan fingerprint density at radius 3 is 2.36 bits per heavy atom. The number of epoxide rings is 1. The molecule has 1 aliphatic heterocycles. The summed E-state index contributed by atoms with van der Waals surface area (Å²) in [6.45, 7) is 9.00. The molecular weight excluding hydrogens is 298 g/mol. The molecule has 0 radical (unpaired) electrons. The summed E-state index contributed by atoms with van der Waals surface area (Å²) in [5.41, 5.74) is 1.09. The molecule has 1 aliphatic rings. The summed E-state index contributed by atoms with van der Waals surface area (Å²) in [7, 11) is 1.65. The van der Waals surface area contributed by atoms with Crippen LogP contribution < -0.4 is 4.74 Å². The quantitative estimate of drug-likeness (QED) is 0.595. The molecule has 0 unspecified atom stereocenters. The minimum absolute atomic E-state index is 0.0468. The van der Waals surface area contributed by atoms with Crippen LogP contribution in [0.4, 0.5) is 0 Å². The van der Waals surface area contributed by atoms with Gasteiger partial charge in [-0.2, -0.15) is 0 Å². The van der Waals surface area contributed by atoms with E-state index in [0.29, 0.717) is 12.4 Å². The van der Waals surface area contributed by atoms with Gasteiger partial charge in [0.2, 0.25) is 0 Å². The van der Waals surface area contributed by atoms with Gasteiger partial charge in [-0.1, -0.05) is 32.9 Å².